The van der Waals surface area contributed by atoms with Crippen LogP contribution in [0.5, 0.6) is 11.5 Å². The van der Waals surface area contributed by atoms with Crippen LogP contribution in [0.3, 0.4) is 0 Å². The molecule has 0 unspecified atom stereocenters. The molecule has 1 N–H and O–H groups in total. The van der Waals surface area contributed by atoms with Crippen LogP contribution in [0.1, 0.15) is 49.7 Å². The third kappa shape index (κ3) is 11.7. The molecular weight excluding hydrogens is 508 g/mol. The topological polar surface area (TPSA) is 47.6 Å². The summed E-state index contributed by atoms with van der Waals surface area (Å²) in [6.07, 6.45) is 7.33. The van der Waals surface area contributed by atoms with Gasteiger partial charge in [0, 0.05) is 18.0 Å². The van der Waals surface area contributed by atoms with E-state index in [2.05, 4.69) is 38.6 Å². The molecule has 0 bridgehead atoms. The van der Waals surface area contributed by atoms with Crippen molar-refractivity contribution in [2.75, 3.05) is 34.3 Å². The van der Waals surface area contributed by atoms with Crippen molar-refractivity contribution < 1.29 is 18.8 Å². The lowest BCUT2D eigenvalue weighted by Gasteiger charge is -2.33. The smallest absolute Gasteiger partial charge is 0.278 e. The van der Waals surface area contributed by atoms with Crippen molar-refractivity contribution in [1.29, 1.82) is 0 Å². The number of amides is 1. The predicted octanol–water partition coefficient (Wildman–Crippen LogP) is 7.07. The second kappa shape index (κ2) is 16.2. The lowest BCUT2D eigenvalue weighted by Crippen LogP contribution is -2.55. The highest BCUT2D eigenvalue weighted by molar-refractivity contribution is 6.30. The number of nitrogens with zero attached hydrogens (tertiary/aromatic N) is 1. The first-order valence-electron chi connectivity index (χ1n) is 14.0. The van der Waals surface area contributed by atoms with Crippen molar-refractivity contribution >= 4 is 17.5 Å². The van der Waals surface area contributed by atoms with E-state index in [1.165, 1.54) is 12.8 Å². The molecule has 0 heterocycles. The van der Waals surface area contributed by atoms with Crippen LogP contribution in [0, 0.1) is 0 Å². The van der Waals surface area contributed by atoms with Crippen LogP contribution in [0.4, 0.5) is 0 Å². The number of rotatable bonds is 17. The summed E-state index contributed by atoms with van der Waals surface area (Å²) in [5, 5.41) is 3.86. The van der Waals surface area contributed by atoms with Crippen LogP contribution in [-0.2, 0) is 17.8 Å². The van der Waals surface area contributed by atoms with Gasteiger partial charge in [0.2, 0.25) is 0 Å². The van der Waals surface area contributed by atoms with Gasteiger partial charge in [-0.25, -0.2) is 0 Å². The minimum absolute atomic E-state index is 0.107. The number of hydrogen-bond donors (Lipinski definition) is 1. The van der Waals surface area contributed by atoms with E-state index < -0.39 is 0 Å². The molecule has 6 heteroatoms. The lowest BCUT2D eigenvalue weighted by molar-refractivity contribution is -0.886. The van der Waals surface area contributed by atoms with E-state index in [1.807, 2.05) is 66.7 Å². The molecular formula is C33H44ClN2O3+. The average molecular weight is 552 g/mol. The molecule has 1 atom stereocenters. The number of ether oxygens (including phenoxy) is 2. The maximum Gasteiger partial charge on any atom is 0.278 e. The zero-order chi connectivity index (χ0) is 27.9. The van der Waals surface area contributed by atoms with Crippen molar-refractivity contribution in [3.8, 4) is 11.5 Å². The number of unbranched alkanes of at least 4 members (excludes halogenated alkanes) is 5. The molecule has 3 rings (SSSR count). The first-order valence-corrected chi connectivity index (χ1v) is 14.4. The van der Waals surface area contributed by atoms with Gasteiger partial charge < -0.3 is 19.3 Å². The Bertz CT molecular complexity index is 1110. The fraction of sp³-hybridized carbons (Fsp3) is 0.424. The molecule has 0 spiro atoms. The highest BCUT2D eigenvalue weighted by Gasteiger charge is 2.31. The molecule has 39 heavy (non-hydrogen) atoms. The van der Waals surface area contributed by atoms with Crippen LogP contribution in [0.2, 0.25) is 5.02 Å². The van der Waals surface area contributed by atoms with E-state index in [-0.39, 0.29) is 11.9 Å². The summed E-state index contributed by atoms with van der Waals surface area (Å²) in [6, 6.07) is 25.6. The number of likely N-dealkylation sites (N-methyl/N-ethyl adjacent to an activating group) is 1. The van der Waals surface area contributed by atoms with E-state index in [1.54, 1.807) is 0 Å². The quantitative estimate of drug-likeness (QED) is 0.144. The van der Waals surface area contributed by atoms with Crippen molar-refractivity contribution in [2.45, 2.75) is 57.6 Å². The summed E-state index contributed by atoms with van der Waals surface area (Å²) in [5.41, 5.74) is 2.24. The van der Waals surface area contributed by atoms with Crippen LogP contribution in [0.15, 0.2) is 78.9 Å². The zero-order valence-electron chi connectivity index (χ0n) is 23.7. The highest BCUT2D eigenvalue weighted by atomic mass is 35.5. The molecule has 1 amide bonds. The number of nitrogens with one attached hydrogen (secondary N) is 1. The van der Waals surface area contributed by atoms with Gasteiger partial charge in [-0.15, -0.1) is 0 Å². The van der Waals surface area contributed by atoms with Crippen LogP contribution < -0.4 is 14.8 Å². The summed E-state index contributed by atoms with van der Waals surface area (Å²) in [5.74, 6) is 1.83. The summed E-state index contributed by atoms with van der Waals surface area (Å²) < 4.78 is 12.3. The third-order valence-electron chi connectivity index (χ3n) is 6.77. The number of quaternary nitrogens is 1. The molecule has 0 aliphatic rings. The monoisotopic (exact) mass is 551 g/mol. The number of carbonyl (C=O) groups is 1. The van der Waals surface area contributed by atoms with Crippen molar-refractivity contribution in [3.63, 3.8) is 0 Å². The Morgan fingerprint density at radius 1 is 0.769 bits per heavy atom. The first-order chi connectivity index (χ1) is 18.8. The molecule has 0 aromatic heterocycles. The van der Waals surface area contributed by atoms with E-state index in [0.717, 1.165) is 61.5 Å². The number of halogens is 1. The molecule has 3 aromatic carbocycles. The molecule has 0 saturated heterocycles. The van der Waals surface area contributed by atoms with Gasteiger partial charge in [-0.1, -0.05) is 79.7 Å². The molecule has 0 radical (unpaired) electrons. The number of benzene rings is 3. The van der Waals surface area contributed by atoms with Gasteiger partial charge in [-0.2, -0.15) is 0 Å². The summed E-state index contributed by atoms with van der Waals surface area (Å²) >= 11 is 6.14. The molecule has 5 nitrogen and oxygen atoms in total. The Balaban J connectivity index is 1.22. The van der Waals surface area contributed by atoms with Crippen molar-refractivity contribution in [1.82, 2.24) is 5.32 Å². The minimum atomic E-state index is -0.151. The number of carbonyl (C=O) groups excluding carboxylic acids is 1. The predicted molar refractivity (Wildman–Crippen MR) is 160 cm³/mol. The summed E-state index contributed by atoms with van der Waals surface area (Å²) in [7, 11) is 6.19. The molecule has 3 aromatic rings. The zero-order valence-corrected chi connectivity index (χ0v) is 24.5. The van der Waals surface area contributed by atoms with Crippen molar-refractivity contribution in [3.05, 3.63) is 95.0 Å². The van der Waals surface area contributed by atoms with E-state index in [4.69, 9.17) is 21.1 Å². The minimum Gasteiger partial charge on any atom is -0.494 e. The van der Waals surface area contributed by atoms with Crippen LogP contribution >= 0.6 is 11.6 Å². The Kier molecular flexibility index (Phi) is 12.7. The largest absolute Gasteiger partial charge is 0.494 e. The maximum atomic E-state index is 12.9. The van der Waals surface area contributed by atoms with Gasteiger partial charge in [0.05, 0.1) is 27.7 Å². The summed E-state index contributed by atoms with van der Waals surface area (Å²) in [6.45, 7) is 2.01. The van der Waals surface area contributed by atoms with Gasteiger partial charge in [-0.05, 0) is 60.4 Å². The Hall–Kier alpha value is -3.02. The SMILES string of the molecule is C[N+](C)(C)[C@@H](Cc1cccc(Cl)c1)C(=O)NCCCCCCCCOc1ccc(OCc2ccccc2)cc1. The molecule has 0 aliphatic heterocycles. The summed E-state index contributed by atoms with van der Waals surface area (Å²) in [4.78, 5) is 12.9. The Labute approximate surface area is 239 Å². The van der Waals surface area contributed by atoms with Gasteiger partial charge >= 0.3 is 0 Å². The van der Waals surface area contributed by atoms with E-state index >= 15 is 0 Å². The third-order valence-corrected chi connectivity index (χ3v) is 7.00. The number of hydrogen-bond acceptors (Lipinski definition) is 3. The second-order valence-corrected chi connectivity index (χ2v) is 11.4. The second-order valence-electron chi connectivity index (χ2n) is 11.0. The first kappa shape index (κ1) is 30.5. The van der Waals surface area contributed by atoms with E-state index in [0.29, 0.717) is 22.5 Å². The lowest BCUT2D eigenvalue weighted by atomic mass is 10.0. The fourth-order valence-corrected chi connectivity index (χ4v) is 4.64. The van der Waals surface area contributed by atoms with Gasteiger partial charge in [0.1, 0.15) is 18.1 Å². The van der Waals surface area contributed by atoms with Gasteiger partial charge in [-0.3, -0.25) is 4.79 Å². The van der Waals surface area contributed by atoms with Gasteiger partial charge in [0.15, 0.2) is 6.04 Å². The maximum absolute atomic E-state index is 12.9. The molecule has 0 aliphatic carbocycles. The molecule has 0 saturated carbocycles. The van der Waals surface area contributed by atoms with Crippen LogP contribution in [0.25, 0.3) is 0 Å². The molecule has 0 fully saturated rings. The Morgan fingerprint density at radius 3 is 2.05 bits per heavy atom. The van der Waals surface area contributed by atoms with Crippen molar-refractivity contribution in [2.24, 2.45) is 0 Å². The molecule has 210 valence electrons. The normalized spacial score (nSPS) is 12.1. The fourth-order valence-electron chi connectivity index (χ4n) is 4.43. The standard InChI is InChI=1S/C33H43ClN2O3/c1-36(2,3)32(25-28-16-13-17-29(34)24-28)33(37)35-22-11-6-4-5-7-12-23-38-30-18-20-31(21-19-30)39-26-27-14-9-8-10-15-27/h8-10,13-21,24,32H,4-7,11-12,22-23,25-26H2,1-3H3/p+1/t32-/m0/s1. The van der Waals surface area contributed by atoms with Gasteiger partial charge in [0.25, 0.3) is 5.91 Å². The highest BCUT2D eigenvalue weighted by Crippen LogP contribution is 2.19. The van der Waals surface area contributed by atoms with E-state index in [9.17, 15) is 4.79 Å². The Morgan fingerprint density at radius 2 is 1.38 bits per heavy atom. The van der Waals surface area contributed by atoms with Crippen LogP contribution in [-0.4, -0.2) is 50.7 Å². The average Bonchev–Trinajstić information content (AvgIpc) is 2.92.